The van der Waals surface area contributed by atoms with Gasteiger partial charge in [0.25, 0.3) is 0 Å². The number of amides is 1. The van der Waals surface area contributed by atoms with Crippen LogP contribution in [0.2, 0.25) is 0 Å². The number of rotatable bonds is 4. The second-order valence-electron chi connectivity index (χ2n) is 5.32. The molecule has 102 valence electrons. The van der Waals surface area contributed by atoms with Crippen LogP contribution < -0.4 is 5.32 Å². The first-order chi connectivity index (χ1) is 8.66. The lowest BCUT2D eigenvalue weighted by Gasteiger charge is -2.30. The molecule has 1 amide bonds. The van der Waals surface area contributed by atoms with Crippen LogP contribution in [0.25, 0.3) is 0 Å². The van der Waals surface area contributed by atoms with Gasteiger partial charge in [0.2, 0.25) is 0 Å². The summed E-state index contributed by atoms with van der Waals surface area (Å²) in [6, 6.07) is -0.794. The lowest BCUT2D eigenvalue weighted by molar-refractivity contribution is -0.141. The maximum Gasteiger partial charge on any atom is 0.408 e. The van der Waals surface area contributed by atoms with Crippen LogP contribution in [0.15, 0.2) is 0 Å². The predicted molar refractivity (Wildman–Crippen MR) is 65.3 cm³/mol. The van der Waals surface area contributed by atoms with Gasteiger partial charge in [-0.3, -0.25) is 0 Å². The Morgan fingerprint density at radius 2 is 1.72 bits per heavy atom. The zero-order valence-corrected chi connectivity index (χ0v) is 10.6. The van der Waals surface area contributed by atoms with E-state index in [1.54, 1.807) is 0 Å². The molecule has 0 saturated heterocycles. The fourth-order valence-corrected chi connectivity index (χ4v) is 2.65. The third kappa shape index (κ3) is 3.37. The Morgan fingerprint density at radius 3 is 2.22 bits per heavy atom. The van der Waals surface area contributed by atoms with Gasteiger partial charge in [0.05, 0.1) is 0 Å². The Bertz CT molecular complexity index is 308. The first-order valence-corrected chi connectivity index (χ1v) is 6.87. The number of carbonyl (C=O) groups is 2. The van der Waals surface area contributed by atoms with Crippen LogP contribution in [0.5, 0.6) is 0 Å². The third-order valence-electron chi connectivity index (χ3n) is 3.99. The summed E-state index contributed by atoms with van der Waals surface area (Å²) in [5, 5.41) is 11.7. The molecule has 0 aliphatic heterocycles. The Labute approximate surface area is 107 Å². The van der Waals surface area contributed by atoms with Crippen molar-refractivity contribution in [3.8, 4) is 0 Å². The second-order valence-corrected chi connectivity index (χ2v) is 5.32. The van der Waals surface area contributed by atoms with E-state index in [0.717, 1.165) is 51.4 Å². The summed E-state index contributed by atoms with van der Waals surface area (Å²) < 4.78 is 5.14. The fraction of sp³-hybridized carbons (Fsp3) is 0.846. The highest BCUT2D eigenvalue weighted by Gasteiger charge is 2.32. The largest absolute Gasteiger partial charge is 0.480 e. The van der Waals surface area contributed by atoms with E-state index in [4.69, 9.17) is 4.74 Å². The van der Waals surface area contributed by atoms with Crippen molar-refractivity contribution in [1.82, 2.24) is 5.32 Å². The highest BCUT2D eigenvalue weighted by atomic mass is 16.6. The fourth-order valence-electron chi connectivity index (χ4n) is 2.65. The molecule has 0 aromatic rings. The van der Waals surface area contributed by atoms with Gasteiger partial charge in [-0.1, -0.05) is 19.3 Å². The zero-order chi connectivity index (χ0) is 13.0. The SMILES string of the molecule is O=C(NC(C(=O)O)C1CCCCC1)OC1CCC1. The molecular formula is C13H21NO4. The highest BCUT2D eigenvalue weighted by molar-refractivity contribution is 5.80. The monoisotopic (exact) mass is 255 g/mol. The quantitative estimate of drug-likeness (QED) is 0.808. The van der Waals surface area contributed by atoms with E-state index in [1.807, 2.05) is 0 Å². The molecule has 0 aromatic carbocycles. The van der Waals surface area contributed by atoms with E-state index < -0.39 is 18.1 Å². The summed E-state index contributed by atoms with van der Waals surface area (Å²) in [6.45, 7) is 0. The lowest BCUT2D eigenvalue weighted by Crippen LogP contribution is -2.47. The summed E-state index contributed by atoms with van der Waals surface area (Å²) >= 11 is 0. The van der Waals surface area contributed by atoms with Gasteiger partial charge in [-0.15, -0.1) is 0 Å². The van der Waals surface area contributed by atoms with E-state index in [0.29, 0.717) is 0 Å². The van der Waals surface area contributed by atoms with Crippen molar-refractivity contribution >= 4 is 12.1 Å². The molecule has 1 atom stereocenters. The minimum Gasteiger partial charge on any atom is -0.480 e. The second kappa shape index (κ2) is 6.07. The lowest BCUT2D eigenvalue weighted by atomic mass is 9.84. The van der Waals surface area contributed by atoms with Crippen molar-refractivity contribution in [3.05, 3.63) is 0 Å². The molecule has 0 radical (unpaired) electrons. The van der Waals surface area contributed by atoms with E-state index in [9.17, 15) is 14.7 Å². The maximum absolute atomic E-state index is 11.6. The van der Waals surface area contributed by atoms with Crippen molar-refractivity contribution in [2.45, 2.75) is 63.5 Å². The first kappa shape index (κ1) is 13.2. The summed E-state index contributed by atoms with van der Waals surface area (Å²) in [5.41, 5.74) is 0. The number of carboxylic acid groups (broad SMARTS) is 1. The summed E-state index contributed by atoms with van der Waals surface area (Å²) in [4.78, 5) is 22.8. The molecule has 2 fully saturated rings. The summed E-state index contributed by atoms with van der Waals surface area (Å²) in [6.07, 6.45) is 7.31. The van der Waals surface area contributed by atoms with Gasteiger partial charge < -0.3 is 15.2 Å². The number of aliphatic carboxylic acids is 1. The van der Waals surface area contributed by atoms with Crippen LogP contribution in [0.3, 0.4) is 0 Å². The zero-order valence-electron chi connectivity index (χ0n) is 10.6. The molecule has 2 N–H and O–H groups in total. The van der Waals surface area contributed by atoms with Gasteiger partial charge in [0.15, 0.2) is 0 Å². The summed E-state index contributed by atoms with van der Waals surface area (Å²) in [5.74, 6) is -0.905. The molecule has 2 aliphatic rings. The average Bonchev–Trinajstić information content (AvgIpc) is 2.31. The van der Waals surface area contributed by atoms with Crippen molar-refractivity contribution in [2.75, 3.05) is 0 Å². The van der Waals surface area contributed by atoms with Crippen molar-refractivity contribution < 1.29 is 19.4 Å². The van der Waals surface area contributed by atoms with Gasteiger partial charge in [-0.05, 0) is 38.0 Å². The van der Waals surface area contributed by atoms with Gasteiger partial charge >= 0.3 is 12.1 Å². The number of hydrogen-bond donors (Lipinski definition) is 2. The molecule has 2 saturated carbocycles. The minimum atomic E-state index is -0.951. The Hall–Kier alpha value is -1.26. The van der Waals surface area contributed by atoms with Crippen molar-refractivity contribution in [3.63, 3.8) is 0 Å². The normalized spacial score (nSPS) is 22.9. The van der Waals surface area contributed by atoms with Crippen LogP contribution in [0.4, 0.5) is 4.79 Å². The topological polar surface area (TPSA) is 75.6 Å². The number of carbonyl (C=O) groups excluding carboxylic acids is 1. The molecule has 2 rings (SSSR count). The summed E-state index contributed by atoms with van der Waals surface area (Å²) in [7, 11) is 0. The molecule has 5 nitrogen and oxygen atoms in total. The van der Waals surface area contributed by atoms with E-state index in [2.05, 4.69) is 5.32 Å². The molecule has 0 spiro atoms. The van der Waals surface area contributed by atoms with Crippen LogP contribution in [-0.2, 0) is 9.53 Å². The van der Waals surface area contributed by atoms with Crippen LogP contribution in [-0.4, -0.2) is 29.3 Å². The number of carboxylic acids is 1. The van der Waals surface area contributed by atoms with Crippen molar-refractivity contribution in [1.29, 1.82) is 0 Å². The Morgan fingerprint density at radius 1 is 1.06 bits per heavy atom. The van der Waals surface area contributed by atoms with Gasteiger partial charge in [-0.2, -0.15) is 0 Å². The number of alkyl carbamates (subject to hydrolysis) is 1. The molecule has 5 heteroatoms. The van der Waals surface area contributed by atoms with Crippen LogP contribution in [0, 0.1) is 5.92 Å². The van der Waals surface area contributed by atoms with E-state index >= 15 is 0 Å². The van der Waals surface area contributed by atoms with Gasteiger partial charge in [0.1, 0.15) is 12.1 Å². The van der Waals surface area contributed by atoms with Crippen LogP contribution in [0.1, 0.15) is 51.4 Å². The maximum atomic E-state index is 11.6. The Kier molecular flexibility index (Phi) is 4.44. The Balaban J connectivity index is 1.84. The number of hydrogen-bond acceptors (Lipinski definition) is 3. The van der Waals surface area contributed by atoms with Gasteiger partial charge in [0, 0.05) is 0 Å². The standard InChI is InChI=1S/C13H21NO4/c15-12(16)11(9-5-2-1-3-6-9)14-13(17)18-10-7-4-8-10/h9-11H,1-8H2,(H,14,17)(H,15,16). The molecule has 1 unspecified atom stereocenters. The molecular weight excluding hydrogens is 234 g/mol. The van der Waals surface area contributed by atoms with E-state index in [-0.39, 0.29) is 12.0 Å². The van der Waals surface area contributed by atoms with Crippen molar-refractivity contribution in [2.24, 2.45) is 5.92 Å². The third-order valence-corrected chi connectivity index (χ3v) is 3.99. The van der Waals surface area contributed by atoms with Crippen LogP contribution >= 0.6 is 0 Å². The molecule has 0 heterocycles. The molecule has 0 bridgehead atoms. The number of nitrogens with one attached hydrogen (secondary N) is 1. The average molecular weight is 255 g/mol. The van der Waals surface area contributed by atoms with Gasteiger partial charge in [-0.25, -0.2) is 9.59 Å². The predicted octanol–water partition coefficient (Wildman–Crippen LogP) is 2.30. The smallest absolute Gasteiger partial charge is 0.408 e. The first-order valence-electron chi connectivity index (χ1n) is 6.87. The molecule has 0 aromatic heterocycles. The molecule has 18 heavy (non-hydrogen) atoms. The number of ether oxygens (including phenoxy) is 1. The molecule has 2 aliphatic carbocycles. The van der Waals surface area contributed by atoms with E-state index in [1.165, 1.54) is 0 Å². The minimum absolute atomic E-state index is 0.00852. The highest BCUT2D eigenvalue weighted by Crippen LogP contribution is 2.27.